The molecule has 0 bridgehead atoms. The lowest BCUT2D eigenvalue weighted by Gasteiger charge is -2.27. The molecule has 2 rings (SSSR count). The smallest absolute Gasteiger partial charge is 0.227 e. The van der Waals surface area contributed by atoms with E-state index in [0.29, 0.717) is 17.6 Å². The van der Waals surface area contributed by atoms with Gasteiger partial charge in [-0.2, -0.15) is 4.98 Å². The predicted octanol–water partition coefficient (Wildman–Crippen LogP) is 2.23. The second kappa shape index (κ2) is 6.29. The van der Waals surface area contributed by atoms with Gasteiger partial charge in [0.2, 0.25) is 11.7 Å². The highest BCUT2D eigenvalue weighted by atomic mass is 16.5. The topological polar surface area (TPSA) is 74.2 Å². The van der Waals surface area contributed by atoms with Crippen molar-refractivity contribution in [3.63, 3.8) is 0 Å². The third-order valence-electron chi connectivity index (χ3n) is 3.83. The highest BCUT2D eigenvalue weighted by Gasteiger charge is 2.25. The molecule has 0 aliphatic heterocycles. The van der Waals surface area contributed by atoms with Crippen molar-refractivity contribution in [2.75, 3.05) is 7.11 Å². The molecule has 18 heavy (non-hydrogen) atoms. The van der Waals surface area contributed by atoms with Crippen LogP contribution < -0.4 is 5.73 Å². The minimum atomic E-state index is -0.0671. The Kier molecular flexibility index (Phi) is 4.72. The Bertz CT molecular complexity index is 363. The number of hydrogen-bond acceptors (Lipinski definition) is 5. The van der Waals surface area contributed by atoms with Crippen LogP contribution in [-0.4, -0.2) is 23.3 Å². The molecule has 1 heterocycles. The first kappa shape index (κ1) is 13.5. The monoisotopic (exact) mass is 253 g/mol. The van der Waals surface area contributed by atoms with E-state index in [1.807, 2.05) is 6.92 Å². The number of hydrogen-bond donors (Lipinski definition) is 1. The first-order valence-corrected chi connectivity index (χ1v) is 6.85. The summed E-state index contributed by atoms with van der Waals surface area (Å²) in [7, 11) is 1.67. The van der Waals surface area contributed by atoms with Crippen molar-refractivity contribution < 1.29 is 9.26 Å². The molecular formula is C13H23N3O2. The Hall–Kier alpha value is -0.940. The highest BCUT2D eigenvalue weighted by Crippen LogP contribution is 2.26. The second-order valence-electron chi connectivity index (χ2n) is 5.09. The van der Waals surface area contributed by atoms with E-state index >= 15 is 0 Å². The Morgan fingerprint density at radius 3 is 2.89 bits per heavy atom. The molecular weight excluding hydrogens is 230 g/mol. The summed E-state index contributed by atoms with van der Waals surface area (Å²) in [5.41, 5.74) is 6.13. The fourth-order valence-corrected chi connectivity index (χ4v) is 2.65. The van der Waals surface area contributed by atoms with Crippen molar-refractivity contribution in [2.45, 2.75) is 57.6 Å². The van der Waals surface area contributed by atoms with E-state index < -0.39 is 0 Å². The van der Waals surface area contributed by atoms with E-state index in [4.69, 9.17) is 15.0 Å². The average Bonchev–Trinajstić information content (AvgIpc) is 2.82. The summed E-state index contributed by atoms with van der Waals surface area (Å²) < 4.78 is 10.6. The van der Waals surface area contributed by atoms with Crippen molar-refractivity contribution >= 4 is 0 Å². The zero-order valence-corrected chi connectivity index (χ0v) is 11.3. The molecule has 3 atom stereocenters. The van der Waals surface area contributed by atoms with Gasteiger partial charge in [-0.05, 0) is 25.2 Å². The molecule has 1 fully saturated rings. The van der Waals surface area contributed by atoms with Gasteiger partial charge in [0, 0.05) is 19.6 Å². The van der Waals surface area contributed by atoms with Crippen LogP contribution in [0.4, 0.5) is 0 Å². The van der Waals surface area contributed by atoms with Gasteiger partial charge in [0.1, 0.15) is 6.10 Å². The summed E-state index contributed by atoms with van der Waals surface area (Å²) in [6.45, 7) is 2.04. The molecule has 1 saturated carbocycles. The van der Waals surface area contributed by atoms with Gasteiger partial charge in [-0.25, -0.2) is 0 Å². The van der Waals surface area contributed by atoms with Crippen molar-refractivity contribution in [3.05, 3.63) is 11.7 Å². The minimum absolute atomic E-state index is 0.0671. The molecule has 1 aromatic rings. The second-order valence-corrected chi connectivity index (χ2v) is 5.09. The highest BCUT2D eigenvalue weighted by molar-refractivity contribution is 4.94. The maximum atomic E-state index is 6.13. The van der Waals surface area contributed by atoms with Crippen molar-refractivity contribution in [3.8, 4) is 0 Å². The molecule has 5 nitrogen and oxygen atoms in total. The van der Waals surface area contributed by atoms with Crippen LogP contribution in [0, 0.1) is 5.92 Å². The standard InChI is InChI=1S/C13H23N3O2/c1-3-11(17-2)13-15-12(18-16-13)8-9-6-4-5-7-10(9)14/h9-11H,3-8,14H2,1-2H3. The summed E-state index contributed by atoms with van der Waals surface area (Å²) in [6.07, 6.45) is 6.36. The molecule has 1 aliphatic carbocycles. The van der Waals surface area contributed by atoms with Gasteiger partial charge in [0.25, 0.3) is 0 Å². The molecule has 2 N–H and O–H groups in total. The molecule has 5 heteroatoms. The predicted molar refractivity (Wildman–Crippen MR) is 68.0 cm³/mol. The normalized spacial score (nSPS) is 26.2. The quantitative estimate of drug-likeness (QED) is 0.871. The molecule has 0 spiro atoms. The Balaban J connectivity index is 1.97. The van der Waals surface area contributed by atoms with Gasteiger partial charge in [-0.3, -0.25) is 0 Å². The van der Waals surface area contributed by atoms with Gasteiger partial charge in [-0.1, -0.05) is 24.9 Å². The van der Waals surface area contributed by atoms with Crippen LogP contribution in [-0.2, 0) is 11.2 Å². The Morgan fingerprint density at radius 2 is 2.22 bits per heavy atom. The molecule has 1 aromatic heterocycles. The van der Waals surface area contributed by atoms with Crippen molar-refractivity contribution in [1.29, 1.82) is 0 Å². The molecule has 0 aromatic carbocycles. The summed E-state index contributed by atoms with van der Waals surface area (Å²) in [4.78, 5) is 4.42. The third-order valence-corrected chi connectivity index (χ3v) is 3.83. The Labute approximate surface area is 108 Å². The van der Waals surface area contributed by atoms with Crippen LogP contribution in [0.5, 0.6) is 0 Å². The van der Waals surface area contributed by atoms with Crippen molar-refractivity contribution in [2.24, 2.45) is 11.7 Å². The summed E-state index contributed by atoms with van der Waals surface area (Å²) in [5.74, 6) is 1.83. The number of aromatic nitrogens is 2. The maximum absolute atomic E-state index is 6.13. The van der Waals surface area contributed by atoms with Crippen molar-refractivity contribution in [1.82, 2.24) is 10.1 Å². The van der Waals surface area contributed by atoms with Gasteiger partial charge in [-0.15, -0.1) is 0 Å². The number of nitrogens with zero attached hydrogens (tertiary/aromatic N) is 2. The lowest BCUT2D eigenvalue weighted by Crippen LogP contribution is -2.34. The average molecular weight is 253 g/mol. The first-order chi connectivity index (χ1) is 8.74. The maximum Gasteiger partial charge on any atom is 0.227 e. The Morgan fingerprint density at radius 1 is 1.44 bits per heavy atom. The van der Waals surface area contributed by atoms with Gasteiger partial charge < -0.3 is 15.0 Å². The lowest BCUT2D eigenvalue weighted by atomic mass is 9.83. The van der Waals surface area contributed by atoms with Crippen LogP contribution in [0.3, 0.4) is 0 Å². The number of nitrogens with two attached hydrogens (primary N) is 1. The minimum Gasteiger partial charge on any atom is -0.373 e. The largest absolute Gasteiger partial charge is 0.373 e. The fraction of sp³-hybridized carbons (Fsp3) is 0.846. The molecule has 1 aliphatic rings. The molecule has 102 valence electrons. The third kappa shape index (κ3) is 3.09. The number of methoxy groups -OCH3 is 1. The number of ether oxygens (including phenoxy) is 1. The SMILES string of the molecule is CCC(OC)c1noc(CC2CCCCC2N)n1. The van der Waals surface area contributed by atoms with Crippen LogP contribution in [0.1, 0.15) is 56.8 Å². The molecule has 0 saturated heterocycles. The van der Waals surface area contributed by atoms with Crippen LogP contribution in [0.25, 0.3) is 0 Å². The molecule has 0 amide bonds. The van der Waals surface area contributed by atoms with E-state index in [1.165, 1.54) is 19.3 Å². The van der Waals surface area contributed by atoms with E-state index in [1.54, 1.807) is 7.11 Å². The zero-order valence-electron chi connectivity index (χ0n) is 11.3. The summed E-state index contributed by atoms with van der Waals surface area (Å²) in [6, 6.07) is 0.276. The van der Waals surface area contributed by atoms with Crippen LogP contribution in [0.2, 0.25) is 0 Å². The summed E-state index contributed by atoms with van der Waals surface area (Å²) in [5, 5.41) is 4.00. The van der Waals surface area contributed by atoms with Gasteiger partial charge in [0.05, 0.1) is 0 Å². The summed E-state index contributed by atoms with van der Waals surface area (Å²) >= 11 is 0. The van der Waals surface area contributed by atoms with Crippen LogP contribution >= 0.6 is 0 Å². The van der Waals surface area contributed by atoms with E-state index in [9.17, 15) is 0 Å². The van der Waals surface area contributed by atoms with E-state index in [0.717, 1.165) is 19.3 Å². The van der Waals surface area contributed by atoms with Gasteiger partial charge >= 0.3 is 0 Å². The van der Waals surface area contributed by atoms with Crippen LogP contribution in [0.15, 0.2) is 4.52 Å². The lowest BCUT2D eigenvalue weighted by molar-refractivity contribution is 0.0903. The fourth-order valence-electron chi connectivity index (χ4n) is 2.65. The van der Waals surface area contributed by atoms with E-state index in [2.05, 4.69) is 10.1 Å². The van der Waals surface area contributed by atoms with E-state index in [-0.39, 0.29) is 12.1 Å². The van der Waals surface area contributed by atoms with Gasteiger partial charge in [0.15, 0.2) is 0 Å². The molecule has 0 radical (unpaired) electrons. The number of rotatable bonds is 5. The zero-order chi connectivity index (χ0) is 13.0. The molecule has 3 unspecified atom stereocenters. The first-order valence-electron chi connectivity index (χ1n) is 6.85.